The van der Waals surface area contributed by atoms with Crippen LogP contribution in [0.4, 0.5) is 0 Å². The van der Waals surface area contributed by atoms with Crippen LogP contribution in [0.1, 0.15) is 54.5 Å². The molecule has 0 unspecified atom stereocenters. The molecule has 0 fully saturated rings. The first-order valence-corrected chi connectivity index (χ1v) is 6.89. The summed E-state index contributed by atoms with van der Waals surface area (Å²) in [4.78, 5) is 22.9. The van der Waals surface area contributed by atoms with E-state index in [0.29, 0.717) is 17.7 Å². The van der Waals surface area contributed by atoms with Gasteiger partial charge >= 0.3 is 11.9 Å². The van der Waals surface area contributed by atoms with Crippen LogP contribution in [0.5, 0.6) is 0 Å². The van der Waals surface area contributed by atoms with Gasteiger partial charge in [-0.2, -0.15) is 0 Å². The van der Waals surface area contributed by atoms with E-state index in [1.807, 2.05) is 0 Å². The molecule has 1 heterocycles. The summed E-state index contributed by atoms with van der Waals surface area (Å²) in [7, 11) is 2.66. The summed E-state index contributed by atoms with van der Waals surface area (Å²) in [5, 5.41) is 0. The molecule has 20 heavy (non-hydrogen) atoms. The zero-order chi connectivity index (χ0) is 15.0. The molecule has 0 saturated heterocycles. The topological polar surface area (TPSA) is 65.7 Å². The summed E-state index contributed by atoms with van der Waals surface area (Å²) in [5.74, 6) is 0.493. The van der Waals surface area contributed by atoms with Crippen LogP contribution in [0.2, 0.25) is 0 Å². The van der Waals surface area contributed by atoms with Crippen LogP contribution in [-0.2, 0) is 27.1 Å². The van der Waals surface area contributed by atoms with Gasteiger partial charge in [0.2, 0.25) is 0 Å². The highest BCUT2D eigenvalue weighted by molar-refractivity contribution is 5.90. The van der Waals surface area contributed by atoms with E-state index in [9.17, 15) is 9.59 Å². The second kappa shape index (κ2) is 8.40. The van der Waals surface area contributed by atoms with Gasteiger partial charge in [0.25, 0.3) is 0 Å². The monoisotopic (exact) mass is 282 g/mol. The highest BCUT2D eigenvalue weighted by atomic mass is 16.5. The number of furan rings is 1. The van der Waals surface area contributed by atoms with Crippen molar-refractivity contribution in [3.05, 3.63) is 23.2 Å². The minimum Gasteiger partial charge on any atom is -0.469 e. The van der Waals surface area contributed by atoms with Gasteiger partial charge < -0.3 is 13.9 Å². The summed E-state index contributed by atoms with van der Waals surface area (Å²) in [6, 6.07) is 1.72. The zero-order valence-electron chi connectivity index (χ0n) is 12.4. The third kappa shape index (κ3) is 4.72. The van der Waals surface area contributed by atoms with E-state index in [-0.39, 0.29) is 12.4 Å². The Labute approximate surface area is 119 Å². The van der Waals surface area contributed by atoms with Crippen molar-refractivity contribution in [3.63, 3.8) is 0 Å². The lowest BCUT2D eigenvalue weighted by Gasteiger charge is -2.00. The molecule has 0 amide bonds. The molecular formula is C15H22O5. The van der Waals surface area contributed by atoms with E-state index in [4.69, 9.17) is 9.15 Å². The molecular weight excluding hydrogens is 260 g/mol. The van der Waals surface area contributed by atoms with Crippen molar-refractivity contribution < 1.29 is 23.5 Å². The number of esters is 2. The van der Waals surface area contributed by atoms with Gasteiger partial charge in [-0.1, -0.05) is 19.8 Å². The van der Waals surface area contributed by atoms with Crippen LogP contribution >= 0.6 is 0 Å². The Bertz CT molecular complexity index is 447. The maximum Gasteiger partial charge on any atom is 0.341 e. The zero-order valence-corrected chi connectivity index (χ0v) is 12.4. The van der Waals surface area contributed by atoms with Gasteiger partial charge in [0.1, 0.15) is 17.1 Å². The number of carbonyl (C=O) groups is 2. The molecule has 0 aliphatic carbocycles. The molecule has 0 saturated carbocycles. The van der Waals surface area contributed by atoms with Gasteiger partial charge in [-0.05, 0) is 12.5 Å². The number of hydrogen-bond acceptors (Lipinski definition) is 5. The third-order valence-electron chi connectivity index (χ3n) is 3.08. The molecule has 0 aliphatic rings. The van der Waals surface area contributed by atoms with Crippen molar-refractivity contribution in [2.24, 2.45) is 0 Å². The number of carbonyl (C=O) groups excluding carboxylic acids is 2. The second-order valence-corrected chi connectivity index (χ2v) is 4.57. The largest absolute Gasteiger partial charge is 0.469 e. The number of methoxy groups -OCH3 is 2. The first kappa shape index (κ1) is 16.3. The Morgan fingerprint density at radius 2 is 1.90 bits per heavy atom. The lowest BCUT2D eigenvalue weighted by Crippen LogP contribution is -2.06. The average Bonchev–Trinajstić information content (AvgIpc) is 2.87. The highest BCUT2D eigenvalue weighted by Gasteiger charge is 2.19. The lowest BCUT2D eigenvalue weighted by molar-refractivity contribution is -0.140. The summed E-state index contributed by atoms with van der Waals surface area (Å²) in [5.41, 5.74) is 0.405. The Hall–Kier alpha value is -1.78. The Morgan fingerprint density at radius 1 is 1.15 bits per heavy atom. The number of ether oxygens (including phenoxy) is 2. The maximum absolute atomic E-state index is 11.7. The van der Waals surface area contributed by atoms with Crippen molar-refractivity contribution in [1.82, 2.24) is 0 Å². The molecule has 0 atom stereocenters. The highest BCUT2D eigenvalue weighted by Crippen LogP contribution is 2.20. The van der Waals surface area contributed by atoms with Crippen LogP contribution < -0.4 is 0 Å². The van der Waals surface area contributed by atoms with Crippen molar-refractivity contribution in [2.75, 3.05) is 14.2 Å². The number of hydrogen-bond donors (Lipinski definition) is 0. The van der Waals surface area contributed by atoms with Crippen LogP contribution in [0, 0.1) is 0 Å². The fourth-order valence-corrected chi connectivity index (χ4v) is 1.94. The molecule has 1 rings (SSSR count). The molecule has 5 nitrogen and oxygen atoms in total. The van der Waals surface area contributed by atoms with Gasteiger partial charge in [0.05, 0.1) is 20.6 Å². The standard InChI is InChI=1S/C15H22O5/c1-4-5-6-7-11-10-12(15(17)19-3)13(20-11)8-9-14(16)18-2/h10H,4-9H2,1-3H3. The van der Waals surface area contributed by atoms with E-state index in [1.54, 1.807) is 6.07 Å². The number of aryl methyl sites for hydroxylation is 2. The van der Waals surface area contributed by atoms with E-state index >= 15 is 0 Å². The molecule has 0 bridgehead atoms. The summed E-state index contributed by atoms with van der Waals surface area (Å²) >= 11 is 0. The lowest BCUT2D eigenvalue weighted by atomic mass is 10.1. The van der Waals surface area contributed by atoms with Crippen LogP contribution in [0.15, 0.2) is 10.5 Å². The first-order chi connectivity index (χ1) is 9.62. The smallest absolute Gasteiger partial charge is 0.341 e. The molecule has 0 aromatic carbocycles. The van der Waals surface area contributed by atoms with E-state index in [0.717, 1.165) is 31.4 Å². The first-order valence-electron chi connectivity index (χ1n) is 6.89. The Kier molecular flexibility index (Phi) is 6.84. The van der Waals surface area contributed by atoms with Gasteiger partial charge in [0, 0.05) is 12.8 Å². The minimum atomic E-state index is -0.435. The van der Waals surface area contributed by atoms with Gasteiger partial charge in [-0.25, -0.2) is 4.79 Å². The molecule has 0 N–H and O–H groups in total. The molecule has 112 valence electrons. The SMILES string of the molecule is CCCCCc1cc(C(=O)OC)c(CCC(=O)OC)o1. The molecule has 0 aliphatic heterocycles. The predicted octanol–water partition coefficient (Wildman–Crippen LogP) is 2.90. The molecule has 1 aromatic rings. The summed E-state index contributed by atoms with van der Waals surface area (Å²) in [6.07, 6.45) is 4.57. The fraction of sp³-hybridized carbons (Fsp3) is 0.600. The molecule has 0 spiro atoms. The fourth-order valence-electron chi connectivity index (χ4n) is 1.94. The van der Waals surface area contributed by atoms with Gasteiger partial charge in [0.15, 0.2) is 0 Å². The Morgan fingerprint density at radius 3 is 2.50 bits per heavy atom. The number of rotatable bonds is 8. The van der Waals surface area contributed by atoms with Crippen LogP contribution in [0.3, 0.4) is 0 Å². The second-order valence-electron chi connectivity index (χ2n) is 4.57. The quantitative estimate of drug-likeness (QED) is 0.542. The maximum atomic E-state index is 11.7. The van der Waals surface area contributed by atoms with Gasteiger partial charge in [-0.3, -0.25) is 4.79 Å². The van der Waals surface area contributed by atoms with Crippen molar-refractivity contribution in [2.45, 2.75) is 45.4 Å². The van der Waals surface area contributed by atoms with E-state index in [2.05, 4.69) is 11.7 Å². The van der Waals surface area contributed by atoms with Crippen molar-refractivity contribution >= 4 is 11.9 Å². The third-order valence-corrected chi connectivity index (χ3v) is 3.08. The molecule has 0 radical (unpaired) electrons. The van der Waals surface area contributed by atoms with Crippen LogP contribution in [-0.4, -0.2) is 26.2 Å². The summed E-state index contributed by atoms with van der Waals surface area (Å²) < 4.78 is 15.0. The number of unbranched alkanes of at least 4 members (excludes halogenated alkanes) is 2. The average molecular weight is 282 g/mol. The van der Waals surface area contributed by atoms with Crippen molar-refractivity contribution in [3.8, 4) is 0 Å². The molecule has 5 heteroatoms. The van der Waals surface area contributed by atoms with E-state index < -0.39 is 5.97 Å². The summed E-state index contributed by atoms with van der Waals surface area (Å²) in [6.45, 7) is 2.13. The normalized spacial score (nSPS) is 10.3. The van der Waals surface area contributed by atoms with E-state index in [1.165, 1.54) is 14.2 Å². The van der Waals surface area contributed by atoms with Crippen molar-refractivity contribution in [1.29, 1.82) is 0 Å². The minimum absolute atomic E-state index is 0.183. The Balaban J connectivity index is 2.77. The predicted molar refractivity (Wildman–Crippen MR) is 73.6 cm³/mol. The van der Waals surface area contributed by atoms with Gasteiger partial charge in [-0.15, -0.1) is 0 Å². The molecule has 1 aromatic heterocycles. The van der Waals surface area contributed by atoms with Crippen LogP contribution in [0.25, 0.3) is 0 Å².